The monoisotopic (exact) mass is 183 g/mol. The molecule has 2 heteroatoms. The molecule has 0 radical (unpaired) electrons. The van der Waals surface area contributed by atoms with Crippen molar-refractivity contribution in [2.75, 3.05) is 19.7 Å². The zero-order valence-corrected chi connectivity index (χ0v) is 8.79. The van der Waals surface area contributed by atoms with E-state index in [1.54, 1.807) is 0 Å². The maximum atomic E-state index is 9.08. The van der Waals surface area contributed by atoms with Gasteiger partial charge in [0.15, 0.2) is 0 Å². The number of hydrogen-bond donors (Lipinski definition) is 1. The number of hydrogen-bond acceptors (Lipinski definition) is 2. The third-order valence-corrected chi connectivity index (χ3v) is 4.01. The van der Waals surface area contributed by atoms with Crippen molar-refractivity contribution < 1.29 is 5.11 Å². The molecule has 76 valence electrons. The molecule has 1 saturated carbocycles. The molecule has 2 fully saturated rings. The molecular weight excluding hydrogens is 162 g/mol. The van der Waals surface area contributed by atoms with Crippen molar-refractivity contribution in [2.45, 2.75) is 38.6 Å². The summed E-state index contributed by atoms with van der Waals surface area (Å²) in [6, 6.07) is 0. The molecule has 2 nitrogen and oxygen atoms in total. The Bertz CT molecular complexity index is 187. The molecule has 1 N–H and O–H groups in total. The summed E-state index contributed by atoms with van der Waals surface area (Å²) in [5.41, 5.74) is 0.532. The molecule has 1 unspecified atom stereocenters. The van der Waals surface area contributed by atoms with Crippen LogP contribution in [0.4, 0.5) is 0 Å². The van der Waals surface area contributed by atoms with Gasteiger partial charge in [0.05, 0.1) is 0 Å². The van der Waals surface area contributed by atoms with Crippen LogP contribution < -0.4 is 0 Å². The minimum Gasteiger partial charge on any atom is -0.396 e. The number of likely N-dealkylation sites (tertiary alicyclic amines) is 1. The minimum absolute atomic E-state index is 0.380. The molecule has 1 heterocycles. The van der Waals surface area contributed by atoms with Gasteiger partial charge in [0.2, 0.25) is 0 Å². The highest BCUT2D eigenvalue weighted by molar-refractivity contribution is 5.07. The van der Waals surface area contributed by atoms with Crippen molar-refractivity contribution in [1.82, 2.24) is 4.90 Å². The van der Waals surface area contributed by atoms with Crippen LogP contribution in [0.1, 0.15) is 33.1 Å². The van der Waals surface area contributed by atoms with Crippen molar-refractivity contribution in [2.24, 2.45) is 11.8 Å². The second kappa shape index (κ2) is 3.25. The van der Waals surface area contributed by atoms with Crippen LogP contribution in [0.25, 0.3) is 0 Å². The van der Waals surface area contributed by atoms with Crippen LogP contribution in [-0.4, -0.2) is 35.2 Å². The molecule has 1 atom stereocenters. The van der Waals surface area contributed by atoms with Crippen molar-refractivity contribution >= 4 is 0 Å². The average molecular weight is 183 g/mol. The largest absolute Gasteiger partial charge is 0.396 e. The molecular formula is C11H21NO. The molecule has 0 aromatic rings. The summed E-state index contributed by atoms with van der Waals surface area (Å²) < 4.78 is 0. The van der Waals surface area contributed by atoms with Gasteiger partial charge in [0.25, 0.3) is 0 Å². The van der Waals surface area contributed by atoms with E-state index in [1.165, 1.54) is 25.8 Å². The summed E-state index contributed by atoms with van der Waals surface area (Å²) in [6.07, 6.45) is 3.95. The Morgan fingerprint density at radius 1 is 1.46 bits per heavy atom. The van der Waals surface area contributed by atoms with Crippen LogP contribution in [0.5, 0.6) is 0 Å². The highest BCUT2D eigenvalue weighted by Gasteiger charge is 2.51. The molecule has 1 saturated heterocycles. The fraction of sp³-hybridized carbons (Fsp3) is 1.00. The molecule has 0 amide bonds. The maximum Gasteiger partial charge on any atom is 0.0471 e. The Hall–Kier alpha value is -0.0800. The van der Waals surface area contributed by atoms with Crippen LogP contribution in [0.2, 0.25) is 0 Å². The first-order chi connectivity index (χ1) is 6.19. The molecule has 0 aromatic carbocycles. The van der Waals surface area contributed by atoms with Gasteiger partial charge in [-0.15, -0.1) is 0 Å². The van der Waals surface area contributed by atoms with E-state index >= 15 is 0 Å². The van der Waals surface area contributed by atoms with Crippen molar-refractivity contribution in [3.05, 3.63) is 0 Å². The summed E-state index contributed by atoms with van der Waals surface area (Å²) >= 11 is 0. The summed E-state index contributed by atoms with van der Waals surface area (Å²) in [7, 11) is 0. The van der Waals surface area contributed by atoms with E-state index in [0.29, 0.717) is 18.1 Å². The fourth-order valence-corrected chi connectivity index (χ4v) is 2.77. The molecule has 2 aliphatic rings. The molecule has 0 bridgehead atoms. The van der Waals surface area contributed by atoms with Crippen LogP contribution in [-0.2, 0) is 0 Å². The summed E-state index contributed by atoms with van der Waals surface area (Å²) in [5, 5.41) is 9.08. The normalized spacial score (nSPS) is 32.8. The predicted molar refractivity (Wildman–Crippen MR) is 53.6 cm³/mol. The van der Waals surface area contributed by atoms with Gasteiger partial charge in [-0.05, 0) is 37.6 Å². The topological polar surface area (TPSA) is 23.5 Å². The Morgan fingerprint density at radius 3 is 2.54 bits per heavy atom. The van der Waals surface area contributed by atoms with E-state index in [2.05, 4.69) is 18.7 Å². The summed E-state index contributed by atoms with van der Waals surface area (Å²) in [4.78, 5) is 2.62. The van der Waals surface area contributed by atoms with Gasteiger partial charge in [0, 0.05) is 18.7 Å². The smallest absolute Gasteiger partial charge is 0.0471 e. The van der Waals surface area contributed by atoms with E-state index < -0.39 is 0 Å². The average Bonchev–Trinajstić information content (AvgIpc) is 2.79. The quantitative estimate of drug-likeness (QED) is 0.716. The number of nitrogens with zero attached hydrogens (tertiary/aromatic N) is 1. The van der Waals surface area contributed by atoms with E-state index in [4.69, 9.17) is 5.11 Å². The summed E-state index contributed by atoms with van der Waals surface area (Å²) in [5.74, 6) is 1.33. The SMILES string of the molecule is CC(C)C1(N2CCC(CO)C2)CC1. The van der Waals surface area contributed by atoms with E-state index in [0.717, 1.165) is 12.5 Å². The lowest BCUT2D eigenvalue weighted by molar-refractivity contribution is 0.150. The van der Waals surface area contributed by atoms with Crippen molar-refractivity contribution in [1.29, 1.82) is 0 Å². The molecule has 0 aromatic heterocycles. The zero-order chi connectivity index (χ0) is 9.47. The van der Waals surface area contributed by atoms with Gasteiger partial charge in [-0.2, -0.15) is 0 Å². The molecule has 1 aliphatic carbocycles. The van der Waals surface area contributed by atoms with Gasteiger partial charge in [-0.3, -0.25) is 4.90 Å². The van der Waals surface area contributed by atoms with Gasteiger partial charge in [0.1, 0.15) is 0 Å². The van der Waals surface area contributed by atoms with Crippen LogP contribution in [0, 0.1) is 11.8 Å². The third-order valence-electron chi connectivity index (χ3n) is 4.01. The Morgan fingerprint density at radius 2 is 2.15 bits per heavy atom. The minimum atomic E-state index is 0.380. The van der Waals surface area contributed by atoms with Gasteiger partial charge in [-0.25, -0.2) is 0 Å². The highest BCUT2D eigenvalue weighted by Crippen LogP contribution is 2.49. The molecule has 13 heavy (non-hydrogen) atoms. The molecule has 2 rings (SSSR count). The molecule has 1 aliphatic heterocycles. The lowest BCUT2D eigenvalue weighted by atomic mass is 10.0. The predicted octanol–water partition coefficient (Wildman–Crippen LogP) is 1.49. The van der Waals surface area contributed by atoms with Gasteiger partial charge >= 0.3 is 0 Å². The second-order valence-electron chi connectivity index (χ2n) is 5.04. The van der Waals surface area contributed by atoms with E-state index in [9.17, 15) is 0 Å². The van der Waals surface area contributed by atoms with E-state index in [1.807, 2.05) is 0 Å². The number of aliphatic hydroxyl groups excluding tert-OH is 1. The van der Waals surface area contributed by atoms with Gasteiger partial charge in [-0.1, -0.05) is 13.8 Å². The lowest BCUT2D eigenvalue weighted by Crippen LogP contribution is -2.39. The number of aliphatic hydroxyl groups is 1. The Balaban J connectivity index is 1.95. The third kappa shape index (κ3) is 1.50. The first-order valence-corrected chi connectivity index (χ1v) is 5.55. The van der Waals surface area contributed by atoms with E-state index in [-0.39, 0.29) is 0 Å². The lowest BCUT2D eigenvalue weighted by Gasteiger charge is -2.31. The van der Waals surface area contributed by atoms with Crippen LogP contribution in [0.15, 0.2) is 0 Å². The van der Waals surface area contributed by atoms with Gasteiger partial charge < -0.3 is 5.11 Å². The fourth-order valence-electron chi connectivity index (χ4n) is 2.77. The number of rotatable bonds is 3. The van der Waals surface area contributed by atoms with Crippen LogP contribution in [0.3, 0.4) is 0 Å². The second-order valence-corrected chi connectivity index (χ2v) is 5.04. The molecule has 0 spiro atoms. The first kappa shape index (κ1) is 9.47. The van der Waals surface area contributed by atoms with Crippen LogP contribution >= 0.6 is 0 Å². The van der Waals surface area contributed by atoms with Crippen molar-refractivity contribution in [3.8, 4) is 0 Å². The first-order valence-electron chi connectivity index (χ1n) is 5.55. The Labute approximate surface area is 80.9 Å². The summed E-state index contributed by atoms with van der Waals surface area (Å²) in [6.45, 7) is 7.39. The maximum absolute atomic E-state index is 9.08. The zero-order valence-electron chi connectivity index (χ0n) is 8.79. The standard InChI is InChI=1S/C11H21NO/c1-9(2)11(4-5-11)12-6-3-10(7-12)8-13/h9-10,13H,3-8H2,1-2H3. The Kier molecular flexibility index (Phi) is 2.37. The van der Waals surface area contributed by atoms with Crippen molar-refractivity contribution in [3.63, 3.8) is 0 Å². The highest BCUT2D eigenvalue weighted by atomic mass is 16.3.